The monoisotopic (exact) mass is 279 g/mol. The van der Waals surface area contributed by atoms with Gasteiger partial charge in [-0.25, -0.2) is 0 Å². The lowest BCUT2D eigenvalue weighted by Gasteiger charge is -2.28. The largest absolute Gasteiger partial charge is 0.493 e. The van der Waals surface area contributed by atoms with E-state index in [0.717, 1.165) is 24.3 Å². The minimum Gasteiger partial charge on any atom is -0.493 e. The molecule has 0 bridgehead atoms. The minimum absolute atomic E-state index is 0.251. The van der Waals surface area contributed by atoms with Gasteiger partial charge in [-0.05, 0) is 38.4 Å². The molecule has 1 rings (SSSR count). The van der Waals surface area contributed by atoms with Crippen LogP contribution in [0, 0.1) is 6.92 Å². The van der Waals surface area contributed by atoms with Crippen LogP contribution in [0.5, 0.6) is 5.75 Å². The van der Waals surface area contributed by atoms with E-state index in [1.54, 1.807) is 0 Å². The maximum Gasteiger partial charge on any atom is 0.325 e. The molecule has 20 heavy (non-hydrogen) atoms. The first-order valence-corrected chi connectivity index (χ1v) is 7.05. The van der Waals surface area contributed by atoms with Crippen LogP contribution >= 0.6 is 0 Å². The number of benzene rings is 1. The fourth-order valence-corrected chi connectivity index (χ4v) is 1.97. The van der Waals surface area contributed by atoms with Gasteiger partial charge in [-0.1, -0.05) is 25.1 Å². The van der Waals surface area contributed by atoms with Crippen molar-refractivity contribution in [1.82, 2.24) is 5.32 Å². The Kier molecular flexibility index (Phi) is 6.52. The van der Waals surface area contributed by atoms with E-state index in [9.17, 15) is 4.79 Å². The lowest BCUT2D eigenvalue weighted by molar-refractivity contribution is -0.148. The lowest BCUT2D eigenvalue weighted by Crippen LogP contribution is -2.51. The van der Waals surface area contributed by atoms with Crippen molar-refractivity contribution in [2.75, 3.05) is 20.3 Å². The van der Waals surface area contributed by atoms with Crippen LogP contribution in [0.1, 0.15) is 32.3 Å². The first-order valence-electron chi connectivity index (χ1n) is 7.05. The van der Waals surface area contributed by atoms with Gasteiger partial charge in [-0.3, -0.25) is 4.79 Å². The molecule has 1 N–H and O–H groups in total. The summed E-state index contributed by atoms with van der Waals surface area (Å²) >= 11 is 0. The second-order valence-corrected chi connectivity index (χ2v) is 5.11. The number of esters is 1. The summed E-state index contributed by atoms with van der Waals surface area (Å²) in [6.45, 7) is 7.16. The Balaban J connectivity index is 2.58. The summed E-state index contributed by atoms with van der Waals surface area (Å²) in [6, 6.07) is 7.86. The Labute approximate surface area is 121 Å². The van der Waals surface area contributed by atoms with Crippen molar-refractivity contribution in [3.8, 4) is 5.75 Å². The van der Waals surface area contributed by atoms with Crippen molar-refractivity contribution in [2.45, 2.75) is 39.2 Å². The molecule has 0 aliphatic rings. The van der Waals surface area contributed by atoms with Gasteiger partial charge in [0.2, 0.25) is 0 Å². The van der Waals surface area contributed by atoms with Gasteiger partial charge >= 0.3 is 5.97 Å². The van der Waals surface area contributed by atoms with Crippen LogP contribution in [0.15, 0.2) is 24.3 Å². The molecule has 0 aliphatic heterocycles. The van der Waals surface area contributed by atoms with Gasteiger partial charge in [0.25, 0.3) is 0 Å². The topological polar surface area (TPSA) is 47.6 Å². The van der Waals surface area contributed by atoms with Gasteiger partial charge in [0.1, 0.15) is 11.3 Å². The number of rotatable bonds is 8. The summed E-state index contributed by atoms with van der Waals surface area (Å²) in [5.41, 5.74) is 0.391. The van der Waals surface area contributed by atoms with Crippen LogP contribution in [-0.2, 0) is 9.53 Å². The number of hydrogen-bond acceptors (Lipinski definition) is 4. The maximum atomic E-state index is 11.9. The van der Waals surface area contributed by atoms with Crippen molar-refractivity contribution in [3.63, 3.8) is 0 Å². The molecular formula is C16H25NO3. The Bertz CT molecular complexity index is 433. The molecule has 4 heteroatoms. The highest BCUT2D eigenvalue weighted by molar-refractivity contribution is 5.80. The highest BCUT2D eigenvalue weighted by atomic mass is 16.5. The van der Waals surface area contributed by atoms with Crippen LogP contribution in [0.2, 0.25) is 0 Å². The number of para-hydroxylation sites is 1. The Morgan fingerprint density at radius 1 is 1.35 bits per heavy atom. The van der Waals surface area contributed by atoms with E-state index in [4.69, 9.17) is 9.47 Å². The third-order valence-corrected chi connectivity index (χ3v) is 3.35. The first-order chi connectivity index (χ1) is 9.53. The summed E-state index contributed by atoms with van der Waals surface area (Å²) in [7, 11) is 1.41. The molecule has 0 aliphatic carbocycles. The summed E-state index contributed by atoms with van der Waals surface area (Å²) in [5, 5.41) is 3.24. The number of aryl methyl sites for hydroxylation is 1. The zero-order chi connectivity index (χ0) is 15.0. The van der Waals surface area contributed by atoms with Crippen LogP contribution < -0.4 is 10.1 Å². The predicted octanol–water partition coefficient (Wildman–Crippen LogP) is 2.70. The number of carbonyl (C=O) groups excluding carboxylic acids is 1. The van der Waals surface area contributed by atoms with E-state index in [-0.39, 0.29) is 5.97 Å². The molecule has 1 aromatic rings. The molecule has 1 unspecified atom stereocenters. The van der Waals surface area contributed by atoms with Gasteiger partial charge in [0, 0.05) is 6.42 Å². The SMILES string of the molecule is CCCNC(C)(CCOc1ccccc1C)C(=O)OC. The molecule has 1 aromatic carbocycles. The third kappa shape index (κ3) is 4.53. The lowest BCUT2D eigenvalue weighted by atomic mass is 9.98. The number of hydrogen-bond donors (Lipinski definition) is 1. The van der Waals surface area contributed by atoms with Crippen molar-refractivity contribution in [1.29, 1.82) is 0 Å². The zero-order valence-electron chi connectivity index (χ0n) is 12.9. The van der Waals surface area contributed by atoms with Crippen LogP contribution in [0.4, 0.5) is 0 Å². The molecule has 0 heterocycles. The molecule has 0 radical (unpaired) electrons. The summed E-state index contributed by atoms with van der Waals surface area (Å²) in [4.78, 5) is 11.9. The summed E-state index contributed by atoms with van der Waals surface area (Å²) < 4.78 is 10.6. The molecule has 0 saturated heterocycles. The van der Waals surface area contributed by atoms with E-state index in [1.807, 2.05) is 38.1 Å². The Morgan fingerprint density at radius 2 is 2.05 bits per heavy atom. The Hall–Kier alpha value is -1.55. The van der Waals surface area contributed by atoms with E-state index < -0.39 is 5.54 Å². The average Bonchev–Trinajstić information content (AvgIpc) is 2.46. The number of ether oxygens (including phenoxy) is 2. The van der Waals surface area contributed by atoms with Gasteiger partial charge < -0.3 is 14.8 Å². The molecular weight excluding hydrogens is 254 g/mol. The quantitative estimate of drug-likeness (QED) is 0.743. The maximum absolute atomic E-state index is 11.9. The molecule has 0 spiro atoms. The summed E-state index contributed by atoms with van der Waals surface area (Å²) in [6.07, 6.45) is 1.53. The Morgan fingerprint density at radius 3 is 2.65 bits per heavy atom. The molecule has 0 saturated carbocycles. The van der Waals surface area contributed by atoms with Gasteiger partial charge in [0.15, 0.2) is 0 Å². The number of carbonyl (C=O) groups is 1. The van der Waals surface area contributed by atoms with E-state index in [2.05, 4.69) is 12.2 Å². The molecule has 0 fully saturated rings. The number of nitrogens with one attached hydrogen (secondary N) is 1. The van der Waals surface area contributed by atoms with E-state index >= 15 is 0 Å². The molecule has 1 atom stereocenters. The van der Waals surface area contributed by atoms with Crippen molar-refractivity contribution < 1.29 is 14.3 Å². The van der Waals surface area contributed by atoms with Crippen LogP contribution in [0.25, 0.3) is 0 Å². The van der Waals surface area contributed by atoms with Gasteiger partial charge in [-0.15, -0.1) is 0 Å². The highest BCUT2D eigenvalue weighted by Crippen LogP contribution is 2.18. The van der Waals surface area contributed by atoms with Gasteiger partial charge in [-0.2, -0.15) is 0 Å². The van der Waals surface area contributed by atoms with Crippen molar-refractivity contribution in [3.05, 3.63) is 29.8 Å². The van der Waals surface area contributed by atoms with Gasteiger partial charge in [0.05, 0.1) is 13.7 Å². The molecule has 4 nitrogen and oxygen atoms in total. The predicted molar refractivity (Wildman–Crippen MR) is 80.0 cm³/mol. The summed E-state index contributed by atoms with van der Waals surface area (Å²) in [5.74, 6) is 0.606. The third-order valence-electron chi connectivity index (χ3n) is 3.35. The molecule has 112 valence electrons. The van der Waals surface area contributed by atoms with E-state index in [1.165, 1.54) is 7.11 Å². The fourth-order valence-electron chi connectivity index (χ4n) is 1.97. The normalized spacial score (nSPS) is 13.6. The zero-order valence-corrected chi connectivity index (χ0v) is 12.9. The molecule has 0 aromatic heterocycles. The second kappa shape index (κ2) is 7.90. The highest BCUT2D eigenvalue weighted by Gasteiger charge is 2.33. The van der Waals surface area contributed by atoms with Crippen LogP contribution in [0.3, 0.4) is 0 Å². The fraction of sp³-hybridized carbons (Fsp3) is 0.562. The molecule has 0 amide bonds. The number of methoxy groups -OCH3 is 1. The first kappa shape index (κ1) is 16.5. The average molecular weight is 279 g/mol. The minimum atomic E-state index is -0.701. The second-order valence-electron chi connectivity index (χ2n) is 5.11. The van der Waals surface area contributed by atoms with Crippen molar-refractivity contribution >= 4 is 5.97 Å². The van der Waals surface area contributed by atoms with Crippen molar-refractivity contribution in [2.24, 2.45) is 0 Å². The van der Waals surface area contributed by atoms with Crippen LogP contribution in [-0.4, -0.2) is 31.8 Å². The van der Waals surface area contributed by atoms with E-state index in [0.29, 0.717) is 13.0 Å². The smallest absolute Gasteiger partial charge is 0.325 e. The standard InChI is InChI=1S/C16H25NO3/c1-5-11-17-16(3,15(18)19-4)10-12-20-14-9-7-6-8-13(14)2/h6-9,17H,5,10-12H2,1-4H3.